The molecule has 4 rings (SSSR count). The molecule has 116 valence electrons. The van der Waals surface area contributed by atoms with Crippen LogP contribution in [0.3, 0.4) is 0 Å². The van der Waals surface area contributed by atoms with E-state index in [1.165, 1.54) is 0 Å². The van der Waals surface area contributed by atoms with E-state index in [2.05, 4.69) is 21.4 Å². The van der Waals surface area contributed by atoms with Crippen molar-refractivity contribution < 1.29 is 4.79 Å². The number of carbonyl (C=O) groups is 1. The monoisotopic (exact) mass is 331 g/mol. The number of amides is 1. The van der Waals surface area contributed by atoms with Gasteiger partial charge in [-0.15, -0.1) is 11.3 Å². The average Bonchev–Trinajstić information content (AvgIpc) is 3.07. The Morgan fingerprint density at radius 2 is 1.79 bits per heavy atom. The molecule has 2 heterocycles. The zero-order valence-corrected chi connectivity index (χ0v) is 13.5. The van der Waals surface area contributed by atoms with E-state index in [1.54, 1.807) is 35.9 Å². The standard InChI is InChI=1S/C19H13N3OS/c23-18(13-8-10-20-11-9-13)21-15-5-3-4-14(12-15)19-22-16-6-1-2-7-17(16)24-19/h1-12H,(H,21,23). The first kappa shape index (κ1) is 14.5. The number of hydrogen-bond donors (Lipinski definition) is 1. The number of para-hydroxylation sites is 1. The van der Waals surface area contributed by atoms with Gasteiger partial charge in [-0.2, -0.15) is 0 Å². The van der Waals surface area contributed by atoms with E-state index in [4.69, 9.17) is 0 Å². The molecule has 0 aliphatic rings. The highest BCUT2D eigenvalue weighted by Crippen LogP contribution is 2.31. The molecule has 2 aromatic heterocycles. The lowest BCUT2D eigenvalue weighted by atomic mass is 10.2. The van der Waals surface area contributed by atoms with Crippen molar-refractivity contribution in [2.75, 3.05) is 5.32 Å². The van der Waals surface area contributed by atoms with E-state index in [9.17, 15) is 4.79 Å². The van der Waals surface area contributed by atoms with Gasteiger partial charge in [0, 0.05) is 29.2 Å². The minimum Gasteiger partial charge on any atom is -0.322 e. The first-order valence-electron chi connectivity index (χ1n) is 7.47. The van der Waals surface area contributed by atoms with E-state index in [0.29, 0.717) is 5.56 Å². The fraction of sp³-hybridized carbons (Fsp3) is 0. The fourth-order valence-corrected chi connectivity index (χ4v) is 3.39. The maximum absolute atomic E-state index is 12.3. The van der Waals surface area contributed by atoms with Crippen molar-refractivity contribution in [3.63, 3.8) is 0 Å². The van der Waals surface area contributed by atoms with Crippen LogP contribution in [0.1, 0.15) is 10.4 Å². The third-order valence-corrected chi connectivity index (χ3v) is 4.69. The Hall–Kier alpha value is -3.05. The molecule has 4 aromatic rings. The maximum Gasteiger partial charge on any atom is 0.255 e. The summed E-state index contributed by atoms with van der Waals surface area (Å²) in [5, 5.41) is 3.85. The highest BCUT2D eigenvalue weighted by molar-refractivity contribution is 7.21. The molecule has 0 aliphatic carbocycles. The van der Waals surface area contributed by atoms with Crippen molar-refractivity contribution in [3.8, 4) is 10.6 Å². The number of anilines is 1. The summed E-state index contributed by atoms with van der Waals surface area (Å²) in [6.45, 7) is 0. The maximum atomic E-state index is 12.3. The smallest absolute Gasteiger partial charge is 0.255 e. The number of fused-ring (bicyclic) bond motifs is 1. The molecule has 0 fully saturated rings. The molecule has 2 aromatic carbocycles. The molecular weight excluding hydrogens is 318 g/mol. The topological polar surface area (TPSA) is 54.9 Å². The van der Waals surface area contributed by atoms with Crippen LogP contribution in [0.25, 0.3) is 20.8 Å². The van der Waals surface area contributed by atoms with E-state index in [1.807, 2.05) is 42.5 Å². The van der Waals surface area contributed by atoms with Gasteiger partial charge >= 0.3 is 0 Å². The second-order valence-electron chi connectivity index (χ2n) is 5.26. The molecule has 24 heavy (non-hydrogen) atoms. The lowest BCUT2D eigenvalue weighted by Crippen LogP contribution is -2.11. The van der Waals surface area contributed by atoms with Gasteiger partial charge in [0.1, 0.15) is 5.01 Å². The highest BCUT2D eigenvalue weighted by Gasteiger charge is 2.09. The number of pyridine rings is 1. The second kappa shape index (κ2) is 6.22. The van der Waals surface area contributed by atoms with Gasteiger partial charge in [0.15, 0.2) is 0 Å². The zero-order chi connectivity index (χ0) is 16.4. The molecule has 0 unspecified atom stereocenters. The van der Waals surface area contributed by atoms with Crippen molar-refractivity contribution >= 4 is 33.1 Å². The van der Waals surface area contributed by atoms with Gasteiger partial charge in [-0.25, -0.2) is 4.98 Å². The summed E-state index contributed by atoms with van der Waals surface area (Å²) in [6.07, 6.45) is 3.21. The van der Waals surface area contributed by atoms with Gasteiger partial charge in [0.25, 0.3) is 5.91 Å². The van der Waals surface area contributed by atoms with Gasteiger partial charge < -0.3 is 5.32 Å². The molecule has 1 N–H and O–H groups in total. The largest absolute Gasteiger partial charge is 0.322 e. The van der Waals surface area contributed by atoms with Gasteiger partial charge in [-0.05, 0) is 36.4 Å². The summed E-state index contributed by atoms with van der Waals surface area (Å²) in [7, 11) is 0. The van der Waals surface area contributed by atoms with Crippen LogP contribution in [-0.4, -0.2) is 15.9 Å². The van der Waals surface area contributed by atoms with Crippen LogP contribution in [0.2, 0.25) is 0 Å². The number of nitrogens with zero attached hydrogens (tertiary/aromatic N) is 2. The predicted octanol–water partition coefficient (Wildman–Crippen LogP) is 4.61. The predicted molar refractivity (Wildman–Crippen MR) is 97.2 cm³/mol. The fourth-order valence-electron chi connectivity index (χ4n) is 2.43. The minimum atomic E-state index is -0.154. The number of thiazole rings is 1. The summed E-state index contributed by atoms with van der Waals surface area (Å²) >= 11 is 1.64. The molecule has 4 nitrogen and oxygen atoms in total. The Morgan fingerprint density at radius 3 is 2.62 bits per heavy atom. The number of benzene rings is 2. The summed E-state index contributed by atoms with van der Waals surface area (Å²) in [5.41, 5.74) is 3.30. The highest BCUT2D eigenvalue weighted by atomic mass is 32.1. The Kier molecular flexibility index (Phi) is 3.76. The van der Waals surface area contributed by atoms with Crippen LogP contribution in [0, 0.1) is 0 Å². The minimum absolute atomic E-state index is 0.154. The third-order valence-electron chi connectivity index (χ3n) is 3.60. The Morgan fingerprint density at radius 1 is 0.958 bits per heavy atom. The third kappa shape index (κ3) is 2.89. The van der Waals surface area contributed by atoms with E-state index in [-0.39, 0.29) is 5.91 Å². The first-order chi connectivity index (χ1) is 11.8. The molecule has 5 heteroatoms. The first-order valence-corrected chi connectivity index (χ1v) is 8.29. The van der Waals surface area contributed by atoms with Gasteiger partial charge in [0.2, 0.25) is 0 Å². The van der Waals surface area contributed by atoms with Crippen molar-refractivity contribution in [2.24, 2.45) is 0 Å². The van der Waals surface area contributed by atoms with Crippen LogP contribution >= 0.6 is 11.3 Å². The van der Waals surface area contributed by atoms with Gasteiger partial charge in [0.05, 0.1) is 10.2 Å². The van der Waals surface area contributed by atoms with Crippen LogP contribution in [0.15, 0.2) is 73.1 Å². The van der Waals surface area contributed by atoms with Crippen molar-refractivity contribution in [1.82, 2.24) is 9.97 Å². The molecule has 0 saturated heterocycles. The number of carbonyl (C=O) groups excluding carboxylic acids is 1. The summed E-state index contributed by atoms with van der Waals surface area (Å²) in [6, 6.07) is 19.2. The molecule has 0 spiro atoms. The molecule has 0 aliphatic heterocycles. The SMILES string of the molecule is O=C(Nc1cccc(-c2nc3ccccc3s2)c1)c1ccncc1. The molecular formula is C19H13N3OS. The van der Waals surface area contributed by atoms with Crippen LogP contribution < -0.4 is 5.32 Å². The quantitative estimate of drug-likeness (QED) is 0.596. The van der Waals surface area contributed by atoms with E-state index < -0.39 is 0 Å². The average molecular weight is 331 g/mol. The lowest BCUT2D eigenvalue weighted by molar-refractivity contribution is 0.102. The molecule has 0 saturated carbocycles. The van der Waals surface area contributed by atoms with Crippen LogP contribution in [0.4, 0.5) is 5.69 Å². The second-order valence-corrected chi connectivity index (χ2v) is 6.29. The lowest BCUT2D eigenvalue weighted by Gasteiger charge is -2.06. The summed E-state index contributed by atoms with van der Waals surface area (Å²) in [4.78, 5) is 20.8. The summed E-state index contributed by atoms with van der Waals surface area (Å²) in [5.74, 6) is -0.154. The number of aromatic nitrogens is 2. The Balaban J connectivity index is 1.63. The van der Waals surface area contributed by atoms with E-state index >= 15 is 0 Å². The van der Waals surface area contributed by atoms with Gasteiger partial charge in [-0.1, -0.05) is 24.3 Å². The number of hydrogen-bond acceptors (Lipinski definition) is 4. The number of nitrogens with one attached hydrogen (secondary N) is 1. The normalized spacial score (nSPS) is 10.7. The van der Waals surface area contributed by atoms with Crippen molar-refractivity contribution in [3.05, 3.63) is 78.6 Å². The Labute approximate surface area is 142 Å². The zero-order valence-electron chi connectivity index (χ0n) is 12.6. The van der Waals surface area contributed by atoms with Gasteiger partial charge in [-0.3, -0.25) is 9.78 Å². The van der Waals surface area contributed by atoms with Crippen molar-refractivity contribution in [2.45, 2.75) is 0 Å². The Bertz CT molecular complexity index is 978. The molecule has 1 amide bonds. The van der Waals surface area contributed by atoms with Crippen molar-refractivity contribution in [1.29, 1.82) is 0 Å². The molecule has 0 bridgehead atoms. The van der Waals surface area contributed by atoms with E-state index in [0.717, 1.165) is 26.5 Å². The number of rotatable bonds is 3. The van der Waals surface area contributed by atoms with Crippen LogP contribution in [0.5, 0.6) is 0 Å². The molecule has 0 atom stereocenters. The molecule has 0 radical (unpaired) electrons. The van der Waals surface area contributed by atoms with Crippen LogP contribution in [-0.2, 0) is 0 Å². The summed E-state index contributed by atoms with van der Waals surface area (Å²) < 4.78 is 1.15.